The maximum atomic E-state index is 11.4. The fraction of sp³-hybridized carbons (Fsp3) is 0.519. The van der Waals surface area contributed by atoms with Gasteiger partial charge in [-0.1, -0.05) is 35.9 Å². The number of aliphatic hydroxyl groups is 2. The molecule has 4 rings (SSSR count). The second-order valence-corrected chi connectivity index (χ2v) is 9.91. The molecule has 0 bridgehead atoms. The van der Waals surface area contributed by atoms with Crippen LogP contribution in [-0.4, -0.2) is 70.7 Å². The van der Waals surface area contributed by atoms with Gasteiger partial charge >= 0.3 is 5.97 Å². The summed E-state index contributed by atoms with van der Waals surface area (Å²) in [6.45, 7) is 4.13. The molecule has 0 aromatic heterocycles. The van der Waals surface area contributed by atoms with E-state index < -0.39 is 36.3 Å². The number of hydrogen-bond donors (Lipinski definition) is 3. The number of carboxylic acid groups (broad SMARTS) is 1. The fourth-order valence-corrected chi connectivity index (χ4v) is 5.20. The highest BCUT2D eigenvalue weighted by atomic mass is 35.5. The van der Waals surface area contributed by atoms with Crippen molar-refractivity contribution < 1.29 is 29.6 Å². The summed E-state index contributed by atoms with van der Waals surface area (Å²) in [5.41, 5.74) is 2.95. The highest BCUT2D eigenvalue weighted by Gasteiger charge is 2.39. The first-order valence-electron chi connectivity index (χ1n) is 12.3. The lowest BCUT2D eigenvalue weighted by Gasteiger charge is -2.41. The van der Waals surface area contributed by atoms with Crippen molar-refractivity contribution in [1.29, 1.82) is 0 Å². The number of carbonyl (C=O) groups is 1. The molecule has 0 amide bonds. The van der Waals surface area contributed by atoms with E-state index in [0.717, 1.165) is 35.4 Å². The second-order valence-electron chi connectivity index (χ2n) is 9.50. The molecule has 3 N–H and O–H groups in total. The lowest BCUT2D eigenvalue weighted by Crippen LogP contribution is -2.52. The summed E-state index contributed by atoms with van der Waals surface area (Å²) >= 11 is 6.51. The molecule has 0 aliphatic carbocycles. The molecule has 2 aliphatic rings. The van der Waals surface area contributed by atoms with Gasteiger partial charge in [0, 0.05) is 24.5 Å². The number of hydrogen-bond acceptors (Lipinski definition) is 6. The summed E-state index contributed by atoms with van der Waals surface area (Å²) < 4.78 is 11.8. The van der Waals surface area contributed by atoms with Crippen molar-refractivity contribution in [2.45, 2.75) is 57.0 Å². The molecule has 2 aromatic rings. The van der Waals surface area contributed by atoms with Gasteiger partial charge in [0.1, 0.15) is 11.9 Å². The van der Waals surface area contributed by atoms with Crippen LogP contribution in [0.25, 0.3) is 0 Å². The Hall–Kier alpha value is -2.16. The molecule has 2 fully saturated rings. The number of ether oxygens (including phenoxy) is 2. The van der Waals surface area contributed by atoms with Crippen LogP contribution in [0.3, 0.4) is 0 Å². The number of nitrogens with zero attached hydrogens (tertiary/aromatic N) is 1. The molecular weight excluding hydrogens is 470 g/mol. The maximum absolute atomic E-state index is 11.4. The van der Waals surface area contributed by atoms with Crippen molar-refractivity contribution >= 4 is 17.6 Å². The van der Waals surface area contributed by atoms with Crippen LogP contribution in [0.1, 0.15) is 49.0 Å². The topological polar surface area (TPSA) is 99.5 Å². The van der Waals surface area contributed by atoms with Crippen molar-refractivity contribution in [3.63, 3.8) is 0 Å². The molecule has 7 nitrogen and oxygen atoms in total. The highest BCUT2D eigenvalue weighted by Crippen LogP contribution is 2.35. The Labute approximate surface area is 211 Å². The SMILES string of the molecule is CCOc1ccc(Cc2cc([C@H]3C[C@@H](O)[C@H](O)[C@@H](CN4CCCC(C(=O)O)C4)O3)ccc2Cl)cc1. The van der Waals surface area contributed by atoms with Gasteiger partial charge in [-0.3, -0.25) is 9.69 Å². The first kappa shape index (κ1) is 25.9. The Bertz CT molecular complexity index is 1000. The minimum atomic E-state index is -1.02. The summed E-state index contributed by atoms with van der Waals surface area (Å²) in [6, 6.07) is 13.7. The van der Waals surface area contributed by atoms with Crippen molar-refractivity contribution in [2.75, 3.05) is 26.2 Å². The van der Waals surface area contributed by atoms with E-state index >= 15 is 0 Å². The number of piperidine rings is 1. The predicted molar refractivity (Wildman–Crippen MR) is 133 cm³/mol. The molecule has 2 aromatic carbocycles. The lowest BCUT2D eigenvalue weighted by molar-refractivity contribution is -0.178. The third kappa shape index (κ3) is 6.54. The van der Waals surface area contributed by atoms with Crippen molar-refractivity contribution in [3.8, 4) is 5.75 Å². The van der Waals surface area contributed by atoms with Crippen molar-refractivity contribution in [1.82, 2.24) is 4.90 Å². The Morgan fingerprint density at radius 1 is 1.20 bits per heavy atom. The predicted octanol–water partition coefficient (Wildman–Crippen LogP) is 3.68. The number of aliphatic carboxylic acids is 1. The molecule has 35 heavy (non-hydrogen) atoms. The van der Waals surface area contributed by atoms with Crippen LogP contribution >= 0.6 is 11.6 Å². The molecule has 0 radical (unpaired) electrons. The van der Waals surface area contributed by atoms with Crippen LogP contribution in [0.4, 0.5) is 0 Å². The molecular formula is C27H34ClNO6. The smallest absolute Gasteiger partial charge is 0.307 e. The van der Waals surface area contributed by atoms with Gasteiger partial charge in [0.25, 0.3) is 0 Å². The number of halogens is 1. The Morgan fingerprint density at radius 3 is 2.69 bits per heavy atom. The van der Waals surface area contributed by atoms with Gasteiger partial charge in [-0.2, -0.15) is 0 Å². The zero-order valence-corrected chi connectivity index (χ0v) is 20.7. The van der Waals surface area contributed by atoms with Crippen molar-refractivity contribution in [2.24, 2.45) is 5.92 Å². The van der Waals surface area contributed by atoms with Gasteiger partial charge in [0.15, 0.2) is 0 Å². The van der Waals surface area contributed by atoms with Gasteiger partial charge in [-0.05, 0) is 67.6 Å². The summed E-state index contributed by atoms with van der Waals surface area (Å²) in [7, 11) is 0. The third-order valence-corrected chi connectivity index (χ3v) is 7.30. The standard InChI is InChI=1S/C27H34ClNO6/c1-2-34-21-8-5-17(6-9-21)12-20-13-18(7-10-22(20)28)24-14-23(30)26(31)25(35-24)16-29-11-3-4-19(15-29)27(32)33/h5-10,13,19,23-26,30-31H,2-4,11-12,14-16H2,1H3,(H,32,33)/t19?,23-,24-,25-,26+/m1/s1. The minimum absolute atomic E-state index is 0.277. The summed E-state index contributed by atoms with van der Waals surface area (Å²) in [6.07, 6.45) is -0.581. The normalized spacial score (nSPS) is 27.5. The second kappa shape index (κ2) is 11.7. The maximum Gasteiger partial charge on any atom is 0.307 e. The van der Waals surface area contributed by atoms with Crippen LogP contribution in [-0.2, 0) is 16.0 Å². The number of carboxylic acids is 1. The van der Waals surface area contributed by atoms with E-state index in [2.05, 4.69) is 0 Å². The van der Waals surface area contributed by atoms with Crippen LogP contribution < -0.4 is 4.74 Å². The van der Waals surface area contributed by atoms with E-state index in [4.69, 9.17) is 21.1 Å². The van der Waals surface area contributed by atoms with Crippen LogP contribution in [0.15, 0.2) is 42.5 Å². The Balaban J connectivity index is 1.46. The number of likely N-dealkylation sites (tertiary alicyclic amines) is 1. The number of aliphatic hydroxyl groups excluding tert-OH is 2. The van der Waals surface area contributed by atoms with Crippen LogP contribution in [0.2, 0.25) is 5.02 Å². The van der Waals surface area contributed by atoms with E-state index in [9.17, 15) is 20.1 Å². The number of benzene rings is 2. The Kier molecular flexibility index (Phi) is 8.68. The van der Waals surface area contributed by atoms with E-state index in [1.807, 2.05) is 54.3 Å². The van der Waals surface area contributed by atoms with E-state index in [0.29, 0.717) is 37.6 Å². The largest absolute Gasteiger partial charge is 0.494 e. The highest BCUT2D eigenvalue weighted by molar-refractivity contribution is 6.31. The minimum Gasteiger partial charge on any atom is -0.494 e. The van der Waals surface area contributed by atoms with Gasteiger partial charge in [0.2, 0.25) is 0 Å². The summed E-state index contributed by atoms with van der Waals surface area (Å²) in [5, 5.41) is 31.2. The Morgan fingerprint density at radius 2 is 1.97 bits per heavy atom. The third-order valence-electron chi connectivity index (χ3n) is 6.93. The van der Waals surface area contributed by atoms with Gasteiger partial charge in [-0.25, -0.2) is 0 Å². The summed E-state index contributed by atoms with van der Waals surface area (Å²) in [4.78, 5) is 13.4. The van der Waals surface area contributed by atoms with Crippen LogP contribution in [0, 0.1) is 5.92 Å². The van der Waals surface area contributed by atoms with E-state index in [1.54, 1.807) is 0 Å². The van der Waals surface area contributed by atoms with Gasteiger partial charge in [-0.15, -0.1) is 0 Å². The molecule has 0 spiro atoms. The molecule has 2 heterocycles. The average Bonchev–Trinajstić information content (AvgIpc) is 2.85. The molecule has 2 aliphatic heterocycles. The van der Waals surface area contributed by atoms with Gasteiger partial charge < -0.3 is 24.8 Å². The molecule has 0 saturated carbocycles. The zero-order chi connectivity index (χ0) is 24.9. The summed E-state index contributed by atoms with van der Waals surface area (Å²) in [5.74, 6) is -0.376. The van der Waals surface area contributed by atoms with E-state index in [-0.39, 0.29) is 6.42 Å². The first-order valence-corrected chi connectivity index (χ1v) is 12.7. The average molecular weight is 504 g/mol. The van der Waals surface area contributed by atoms with Crippen molar-refractivity contribution in [3.05, 3.63) is 64.2 Å². The molecule has 5 atom stereocenters. The molecule has 1 unspecified atom stereocenters. The zero-order valence-electron chi connectivity index (χ0n) is 20.0. The molecule has 8 heteroatoms. The molecule has 190 valence electrons. The molecule has 2 saturated heterocycles. The number of rotatable bonds is 8. The quantitative estimate of drug-likeness (QED) is 0.505. The van der Waals surface area contributed by atoms with E-state index in [1.165, 1.54) is 0 Å². The lowest BCUT2D eigenvalue weighted by atomic mass is 9.91. The van der Waals surface area contributed by atoms with Crippen LogP contribution in [0.5, 0.6) is 5.75 Å². The monoisotopic (exact) mass is 503 g/mol. The fourth-order valence-electron chi connectivity index (χ4n) is 5.02. The first-order chi connectivity index (χ1) is 16.8. The van der Waals surface area contributed by atoms with Gasteiger partial charge in [0.05, 0.1) is 30.8 Å².